The number of rotatable bonds is 6. The van der Waals surface area contributed by atoms with E-state index in [0.717, 1.165) is 48.8 Å². The lowest BCUT2D eigenvalue weighted by Crippen LogP contribution is -2.52. The van der Waals surface area contributed by atoms with E-state index in [1.807, 2.05) is 25.0 Å². The molecular formula is C27H43N5O. The van der Waals surface area contributed by atoms with Gasteiger partial charge in [0.1, 0.15) is 6.61 Å². The van der Waals surface area contributed by atoms with Crippen molar-refractivity contribution in [3.63, 3.8) is 0 Å². The first-order valence-corrected chi connectivity index (χ1v) is 13.2. The van der Waals surface area contributed by atoms with Crippen molar-refractivity contribution < 1.29 is 4.84 Å². The van der Waals surface area contributed by atoms with Gasteiger partial charge in [-0.05, 0) is 106 Å². The van der Waals surface area contributed by atoms with E-state index in [1.54, 1.807) is 5.57 Å². The second kappa shape index (κ2) is 8.83. The average Bonchev–Trinajstić information content (AvgIpc) is 3.34. The summed E-state index contributed by atoms with van der Waals surface area (Å²) in [6.07, 6.45) is 13.7. The Morgan fingerprint density at radius 1 is 1.15 bits per heavy atom. The molecule has 1 heterocycles. The van der Waals surface area contributed by atoms with Crippen LogP contribution in [0.25, 0.3) is 0 Å². The number of allylic oxidation sites excluding steroid dienone is 1. The third-order valence-corrected chi connectivity index (χ3v) is 10.1. The largest absolute Gasteiger partial charge is 0.394 e. The molecule has 0 amide bonds. The van der Waals surface area contributed by atoms with E-state index >= 15 is 0 Å². The highest BCUT2D eigenvalue weighted by Gasteiger charge is 2.58. The lowest BCUT2D eigenvalue weighted by molar-refractivity contribution is -0.0859. The summed E-state index contributed by atoms with van der Waals surface area (Å²) in [4.78, 5) is 7.84. The van der Waals surface area contributed by atoms with Crippen LogP contribution in [0.4, 0.5) is 0 Å². The fourth-order valence-corrected chi connectivity index (χ4v) is 8.17. The predicted octanol–water partition coefficient (Wildman–Crippen LogP) is 5.31. The lowest BCUT2D eigenvalue weighted by atomic mass is 9.45. The Kier molecular flexibility index (Phi) is 6.17. The van der Waals surface area contributed by atoms with E-state index in [2.05, 4.69) is 40.8 Å². The SMILES string of the molecule is C=C1CCC2C3CCC4CC(=NOCCn5cc(CN(C)C)nn5)CC[C@]4(C)C3CC[C@]12C. The lowest BCUT2D eigenvalue weighted by Gasteiger charge is -2.60. The van der Waals surface area contributed by atoms with Crippen molar-refractivity contribution in [3.8, 4) is 0 Å². The van der Waals surface area contributed by atoms with Crippen LogP contribution in [-0.4, -0.2) is 46.3 Å². The van der Waals surface area contributed by atoms with Gasteiger partial charge in [-0.15, -0.1) is 5.10 Å². The van der Waals surface area contributed by atoms with Gasteiger partial charge in [-0.3, -0.25) is 0 Å². The molecule has 5 rings (SSSR count). The van der Waals surface area contributed by atoms with Crippen LogP contribution < -0.4 is 0 Å². The van der Waals surface area contributed by atoms with Crippen LogP contribution in [-0.2, 0) is 17.9 Å². The quantitative estimate of drug-likeness (QED) is 0.333. The molecule has 4 aliphatic carbocycles. The molecule has 4 fully saturated rings. The molecule has 0 N–H and O–H groups in total. The van der Waals surface area contributed by atoms with Crippen molar-refractivity contribution in [2.45, 2.75) is 84.7 Å². The van der Waals surface area contributed by atoms with Crippen molar-refractivity contribution in [2.75, 3.05) is 20.7 Å². The fourth-order valence-electron chi connectivity index (χ4n) is 8.17. The summed E-state index contributed by atoms with van der Waals surface area (Å²) in [5.41, 5.74) is 4.72. The van der Waals surface area contributed by atoms with E-state index < -0.39 is 0 Å². The van der Waals surface area contributed by atoms with Crippen molar-refractivity contribution in [2.24, 2.45) is 39.7 Å². The third-order valence-electron chi connectivity index (χ3n) is 10.1. The summed E-state index contributed by atoms with van der Waals surface area (Å²) in [5, 5.41) is 13.0. The molecule has 6 heteroatoms. The Labute approximate surface area is 199 Å². The number of oxime groups is 1. The van der Waals surface area contributed by atoms with E-state index in [4.69, 9.17) is 4.84 Å². The molecule has 0 radical (unpaired) electrons. The van der Waals surface area contributed by atoms with Gasteiger partial charge in [-0.1, -0.05) is 36.4 Å². The molecule has 0 saturated heterocycles. The van der Waals surface area contributed by atoms with Crippen molar-refractivity contribution in [1.29, 1.82) is 0 Å². The molecular weight excluding hydrogens is 410 g/mol. The zero-order valence-corrected chi connectivity index (χ0v) is 21.2. The smallest absolute Gasteiger partial charge is 0.136 e. The second-order valence-electron chi connectivity index (χ2n) is 12.2. The summed E-state index contributed by atoms with van der Waals surface area (Å²) in [7, 11) is 4.08. The highest BCUT2D eigenvalue weighted by molar-refractivity contribution is 5.85. The maximum Gasteiger partial charge on any atom is 0.136 e. The van der Waals surface area contributed by atoms with Crippen LogP contribution >= 0.6 is 0 Å². The van der Waals surface area contributed by atoms with E-state index in [9.17, 15) is 0 Å². The first-order valence-electron chi connectivity index (χ1n) is 13.2. The number of hydrogen-bond acceptors (Lipinski definition) is 5. The van der Waals surface area contributed by atoms with Crippen molar-refractivity contribution in [1.82, 2.24) is 19.9 Å². The molecule has 0 bridgehead atoms. The van der Waals surface area contributed by atoms with Gasteiger partial charge in [0, 0.05) is 12.7 Å². The van der Waals surface area contributed by atoms with E-state index in [0.29, 0.717) is 24.0 Å². The van der Waals surface area contributed by atoms with Crippen LogP contribution in [0.1, 0.15) is 77.3 Å². The fraction of sp³-hybridized carbons (Fsp3) is 0.815. The topological polar surface area (TPSA) is 55.5 Å². The Hall–Kier alpha value is -1.69. The van der Waals surface area contributed by atoms with Gasteiger partial charge in [-0.2, -0.15) is 0 Å². The molecule has 6 nitrogen and oxygen atoms in total. The Balaban J connectivity index is 1.16. The van der Waals surface area contributed by atoms with Crippen LogP contribution in [0.15, 0.2) is 23.5 Å². The zero-order chi connectivity index (χ0) is 23.2. The van der Waals surface area contributed by atoms with Gasteiger partial charge in [0.2, 0.25) is 0 Å². The molecule has 4 saturated carbocycles. The van der Waals surface area contributed by atoms with Gasteiger partial charge >= 0.3 is 0 Å². The number of nitrogens with zero attached hydrogens (tertiary/aromatic N) is 5. The molecule has 1 aromatic heterocycles. The highest BCUT2D eigenvalue weighted by atomic mass is 16.6. The second-order valence-corrected chi connectivity index (χ2v) is 12.2. The molecule has 0 aromatic carbocycles. The standard InChI is InChI=1S/C27H43N5O/c1-19-6-9-24-23-8-7-20-16-21(10-12-27(20,3)25(23)11-13-26(19,24)2)29-33-15-14-32-18-22(28-30-32)17-31(4)5/h18,20,23-25H,1,6-17H2,2-5H3/t20?,23?,24?,25?,26-,27+/m1/s1. The summed E-state index contributed by atoms with van der Waals surface area (Å²) < 4.78 is 1.85. The monoisotopic (exact) mass is 453 g/mol. The average molecular weight is 454 g/mol. The third kappa shape index (κ3) is 4.17. The first kappa shape index (κ1) is 23.1. The summed E-state index contributed by atoms with van der Waals surface area (Å²) >= 11 is 0. The molecule has 0 aliphatic heterocycles. The number of hydrogen-bond donors (Lipinski definition) is 0. The zero-order valence-electron chi connectivity index (χ0n) is 21.2. The van der Waals surface area contributed by atoms with Crippen molar-refractivity contribution >= 4 is 5.71 Å². The minimum atomic E-state index is 0.427. The van der Waals surface area contributed by atoms with Crippen molar-refractivity contribution in [3.05, 3.63) is 24.0 Å². The maximum absolute atomic E-state index is 5.75. The molecule has 4 unspecified atom stereocenters. The van der Waals surface area contributed by atoms with Gasteiger partial charge in [0.05, 0.1) is 18.0 Å². The summed E-state index contributed by atoms with van der Waals surface area (Å²) in [6, 6.07) is 0. The van der Waals surface area contributed by atoms with Crippen LogP contribution in [0.5, 0.6) is 0 Å². The summed E-state index contributed by atoms with van der Waals surface area (Å²) in [5.74, 6) is 3.47. The molecule has 33 heavy (non-hydrogen) atoms. The number of aromatic nitrogens is 3. The summed E-state index contributed by atoms with van der Waals surface area (Å²) in [6.45, 7) is 11.7. The van der Waals surface area contributed by atoms with Gasteiger partial charge in [0.15, 0.2) is 0 Å². The van der Waals surface area contributed by atoms with E-state index in [1.165, 1.54) is 50.7 Å². The van der Waals surface area contributed by atoms with Crippen LogP contribution in [0, 0.1) is 34.5 Å². The molecule has 4 aliphatic rings. The van der Waals surface area contributed by atoms with Gasteiger partial charge in [-0.25, -0.2) is 4.68 Å². The van der Waals surface area contributed by atoms with Gasteiger partial charge in [0.25, 0.3) is 0 Å². The van der Waals surface area contributed by atoms with Crippen LogP contribution in [0.3, 0.4) is 0 Å². The molecule has 0 spiro atoms. The Morgan fingerprint density at radius 2 is 2.00 bits per heavy atom. The minimum absolute atomic E-state index is 0.427. The van der Waals surface area contributed by atoms with Gasteiger partial charge < -0.3 is 9.74 Å². The Bertz CT molecular complexity index is 906. The predicted molar refractivity (Wildman–Crippen MR) is 132 cm³/mol. The Morgan fingerprint density at radius 3 is 2.82 bits per heavy atom. The van der Waals surface area contributed by atoms with E-state index in [-0.39, 0.29) is 0 Å². The van der Waals surface area contributed by atoms with Crippen LogP contribution in [0.2, 0.25) is 0 Å². The highest BCUT2D eigenvalue weighted by Crippen LogP contribution is 2.66. The maximum atomic E-state index is 5.75. The minimum Gasteiger partial charge on any atom is -0.394 e. The molecule has 1 aromatic rings. The first-order chi connectivity index (χ1) is 15.8. The molecule has 182 valence electrons. The normalized spacial score (nSPS) is 39.4. The molecule has 6 atom stereocenters. The number of fused-ring (bicyclic) bond motifs is 5.